The van der Waals surface area contributed by atoms with Crippen LogP contribution in [-0.2, 0) is 22.3 Å². The van der Waals surface area contributed by atoms with Crippen molar-refractivity contribution in [3.05, 3.63) is 77.1 Å². The third kappa shape index (κ3) is 9.72. The van der Waals surface area contributed by atoms with E-state index in [-0.39, 0.29) is 19.0 Å². The van der Waals surface area contributed by atoms with Crippen molar-refractivity contribution in [2.75, 3.05) is 33.0 Å². The van der Waals surface area contributed by atoms with Crippen molar-refractivity contribution < 1.29 is 28.8 Å². The van der Waals surface area contributed by atoms with Crippen molar-refractivity contribution in [1.29, 1.82) is 0 Å². The predicted octanol–water partition coefficient (Wildman–Crippen LogP) is 10.0. The van der Waals surface area contributed by atoms with Crippen LogP contribution in [0.2, 0.25) is 0 Å². The van der Waals surface area contributed by atoms with Gasteiger partial charge in [-0.25, -0.2) is 4.39 Å². The fraction of sp³-hybridized carbons (Fsp3) is 0.581. The first-order valence-corrected chi connectivity index (χ1v) is 18.9. The minimum absolute atomic E-state index is 0.00654. The molecule has 2 aliphatic rings. The third-order valence-electron chi connectivity index (χ3n) is 10.9. The lowest BCUT2D eigenvalue weighted by Gasteiger charge is -2.43. The Hall–Kier alpha value is -2.77. The molecule has 1 aliphatic carbocycles. The van der Waals surface area contributed by atoms with Crippen molar-refractivity contribution in [3.8, 4) is 28.0 Å². The standard InChI is InChI=1S/C43H59FO5/c1-5-7-8-10-31-12-14-33(15-13-31)34-16-18-35(19-17-34)36-20-21-38(40(44)26-36)39-25-37(11-9-23-45)41(27-32(39)6-2)47-28-43(22-24-46)29-48-42(3,4)49-30-43/h16-21,25-27,31,33,45-46H,5-15,22-24,28-30H2,1-4H3. The van der Waals surface area contributed by atoms with Gasteiger partial charge in [-0.3, -0.25) is 0 Å². The molecular weight excluding hydrogens is 615 g/mol. The topological polar surface area (TPSA) is 68.2 Å². The molecule has 1 heterocycles. The Kier molecular flexibility index (Phi) is 13.3. The summed E-state index contributed by atoms with van der Waals surface area (Å²) in [7, 11) is 0. The Morgan fingerprint density at radius 3 is 2.14 bits per heavy atom. The number of rotatable bonds is 16. The number of benzene rings is 3. The SMILES string of the molecule is CCCCCC1CCC(c2ccc(-c3ccc(-c4cc(CCCO)c(OCC5(CCO)COC(C)(C)OC5)cc4CC)c(F)c3)cc2)CC1. The minimum Gasteiger partial charge on any atom is -0.493 e. The quantitative estimate of drug-likeness (QED) is 0.148. The Bertz CT molecular complexity index is 1460. The van der Waals surface area contributed by atoms with E-state index in [4.69, 9.17) is 14.2 Å². The van der Waals surface area contributed by atoms with Gasteiger partial charge in [0.25, 0.3) is 0 Å². The Morgan fingerprint density at radius 2 is 1.51 bits per heavy atom. The molecule has 0 amide bonds. The van der Waals surface area contributed by atoms with Crippen LogP contribution in [0.3, 0.4) is 0 Å². The first kappa shape index (κ1) is 37.5. The fourth-order valence-electron chi connectivity index (χ4n) is 7.64. The van der Waals surface area contributed by atoms with Crippen molar-refractivity contribution in [2.45, 2.75) is 116 Å². The molecule has 0 aromatic heterocycles. The van der Waals surface area contributed by atoms with Gasteiger partial charge in [0.1, 0.15) is 11.6 Å². The lowest BCUT2D eigenvalue weighted by atomic mass is 9.77. The summed E-state index contributed by atoms with van der Waals surface area (Å²) in [4.78, 5) is 0. The van der Waals surface area contributed by atoms with Gasteiger partial charge < -0.3 is 24.4 Å². The number of hydrogen-bond acceptors (Lipinski definition) is 5. The van der Waals surface area contributed by atoms with E-state index in [0.29, 0.717) is 57.0 Å². The first-order valence-electron chi connectivity index (χ1n) is 18.9. The van der Waals surface area contributed by atoms with E-state index in [0.717, 1.165) is 39.5 Å². The van der Waals surface area contributed by atoms with E-state index in [1.54, 1.807) is 6.07 Å². The molecule has 1 aliphatic heterocycles. The zero-order valence-corrected chi connectivity index (χ0v) is 30.4. The average Bonchev–Trinajstić information content (AvgIpc) is 3.11. The average molecular weight is 675 g/mol. The second-order valence-corrected chi connectivity index (χ2v) is 15.1. The monoisotopic (exact) mass is 674 g/mol. The minimum atomic E-state index is -0.669. The van der Waals surface area contributed by atoms with Gasteiger partial charge in [0.05, 0.1) is 25.2 Å². The van der Waals surface area contributed by atoms with Gasteiger partial charge in [0.15, 0.2) is 5.79 Å². The van der Waals surface area contributed by atoms with Crippen LogP contribution in [-0.4, -0.2) is 49.0 Å². The molecule has 1 saturated heterocycles. The van der Waals surface area contributed by atoms with Crippen LogP contribution in [0.15, 0.2) is 54.6 Å². The molecule has 3 aromatic carbocycles. The Morgan fingerprint density at radius 1 is 0.796 bits per heavy atom. The zero-order valence-electron chi connectivity index (χ0n) is 30.4. The number of unbranched alkanes of at least 4 members (excludes halogenated alkanes) is 2. The molecule has 0 spiro atoms. The highest BCUT2D eigenvalue weighted by atomic mass is 19.1. The van der Waals surface area contributed by atoms with E-state index in [1.165, 1.54) is 56.9 Å². The van der Waals surface area contributed by atoms with Crippen molar-refractivity contribution in [3.63, 3.8) is 0 Å². The van der Waals surface area contributed by atoms with E-state index >= 15 is 4.39 Å². The molecule has 0 radical (unpaired) electrons. The van der Waals surface area contributed by atoms with Gasteiger partial charge >= 0.3 is 0 Å². The maximum absolute atomic E-state index is 16.0. The van der Waals surface area contributed by atoms with Crippen LogP contribution in [0.5, 0.6) is 5.75 Å². The van der Waals surface area contributed by atoms with Gasteiger partial charge in [-0.2, -0.15) is 0 Å². The molecule has 0 bridgehead atoms. The summed E-state index contributed by atoms with van der Waals surface area (Å²) in [5, 5.41) is 19.5. The molecule has 49 heavy (non-hydrogen) atoms. The van der Waals surface area contributed by atoms with Crippen LogP contribution in [0.1, 0.15) is 115 Å². The third-order valence-corrected chi connectivity index (χ3v) is 10.9. The molecule has 2 N–H and O–H groups in total. The summed E-state index contributed by atoms with van der Waals surface area (Å²) in [5.41, 5.74) is 6.17. The van der Waals surface area contributed by atoms with E-state index in [1.807, 2.05) is 38.1 Å². The number of ether oxygens (including phenoxy) is 3. The van der Waals surface area contributed by atoms with Crippen molar-refractivity contribution in [1.82, 2.24) is 0 Å². The van der Waals surface area contributed by atoms with Gasteiger partial charge in [-0.05, 0) is 129 Å². The van der Waals surface area contributed by atoms with Crippen LogP contribution in [0, 0.1) is 17.2 Å². The molecule has 1 saturated carbocycles. The number of hydrogen-bond donors (Lipinski definition) is 2. The normalized spacial score (nSPS) is 20.3. The zero-order chi connectivity index (χ0) is 34.9. The Balaban J connectivity index is 1.32. The largest absolute Gasteiger partial charge is 0.493 e. The van der Waals surface area contributed by atoms with Gasteiger partial charge in [0, 0.05) is 18.8 Å². The van der Waals surface area contributed by atoms with Crippen LogP contribution in [0.25, 0.3) is 22.3 Å². The lowest BCUT2D eigenvalue weighted by Crippen LogP contribution is -2.49. The molecule has 2 fully saturated rings. The second-order valence-electron chi connectivity index (χ2n) is 15.1. The molecule has 0 atom stereocenters. The maximum atomic E-state index is 16.0. The number of aliphatic hydroxyl groups is 2. The number of aryl methyl sites for hydroxylation is 2. The van der Waals surface area contributed by atoms with E-state index in [2.05, 4.69) is 38.1 Å². The maximum Gasteiger partial charge on any atom is 0.162 e. The van der Waals surface area contributed by atoms with Crippen LogP contribution in [0.4, 0.5) is 4.39 Å². The summed E-state index contributed by atoms with van der Waals surface area (Å²) in [6.45, 7) is 9.35. The van der Waals surface area contributed by atoms with Gasteiger partial charge in [-0.15, -0.1) is 0 Å². The smallest absolute Gasteiger partial charge is 0.162 e. The second kappa shape index (κ2) is 17.4. The summed E-state index contributed by atoms with van der Waals surface area (Å²) in [6.07, 6.45) is 13.0. The summed E-state index contributed by atoms with van der Waals surface area (Å²) in [6, 6.07) is 18.4. The van der Waals surface area contributed by atoms with E-state index in [9.17, 15) is 10.2 Å². The lowest BCUT2D eigenvalue weighted by molar-refractivity contribution is -0.291. The molecule has 6 heteroatoms. The molecule has 5 rings (SSSR count). The Labute approximate surface area is 294 Å². The summed E-state index contributed by atoms with van der Waals surface area (Å²) < 4.78 is 34.4. The predicted molar refractivity (Wildman–Crippen MR) is 197 cm³/mol. The molecule has 268 valence electrons. The number of halogens is 1. The van der Waals surface area contributed by atoms with Gasteiger partial charge in [-0.1, -0.05) is 75.9 Å². The van der Waals surface area contributed by atoms with Crippen LogP contribution >= 0.6 is 0 Å². The van der Waals surface area contributed by atoms with Crippen LogP contribution < -0.4 is 4.74 Å². The highest BCUT2D eigenvalue weighted by Crippen LogP contribution is 2.40. The van der Waals surface area contributed by atoms with Crippen molar-refractivity contribution in [2.24, 2.45) is 11.3 Å². The highest BCUT2D eigenvalue weighted by Gasteiger charge is 2.40. The molecule has 5 nitrogen and oxygen atoms in total. The summed E-state index contributed by atoms with van der Waals surface area (Å²) >= 11 is 0. The summed E-state index contributed by atoms with van der Waals surface area (Å²) in [5.74, 6) is 1.33. The highest BCUT2D eigenvalue weighted by molar-refractivity contribution is 5.74. The van der Waals surface area contributed by atoms with Gasteiger partial charge in [0.2, 0.25) is 0 Å². The molecule has 3 aromatic rings. The fourth-order valence-corrected chi connectivity index (χ4v) is 7.64. The molecule has 0 unspecified atom stereocenters. The van der Waals surface area contributed by atoms with Crippen molar-refractivity contribution >= 4 is 0 Å². The number of aliphatic hydroxyl groups excluding tert-OH is 2. The van der Waals surface area contributed by atoms with E-state index < -0.39 is 11.2 Å². The first-order chi connectivity index (χ1) is 23.7. The molecular formula is C43H59FO5.